The highest BCUT2D eigenvalue weighted by atomic mass is 16.7. The molecule has 1 aliphatic heterocycles. The second-order valence-corrected chi connectivity index (χ2v) is 2.29. The van der Waals surface area contributed by atoms with Crippen LogP contribution in [0.5, 0.6) is 0 Å². The van der Waals surface area contributed by atoms with E-state index in [1.54, 1.807) is 0 Å². The molecule has 1 N–H and O–H groups in total. The molecule has 0 aromatic rings. The van der Waals surface area contributed by atoms with Crippen molar-refractivity contribution in [1.29, 1.82) is 0 Å². The zero-order valence-electron chi connectivity index (χ0n) is 6.09. The highest BCUT2D eigenvalue weighted by Gasteiger charge is 2.36. The third-order valence-corrected chi connectivity index (χ3v) is 1.45. The van der Waals surface area contributed by atoms with Gasteiger partial charge in [0, 0.05) is 7.11 Å². The van der Waals surface area contributed by atoms with Gasteiger partial charge in [-0.25, -0.2) is 0 Å². The zero-order chi connectivity index (χ0) is 7.56. The van der Waals surface area contributed by atoms with Gasteiger partial charge in [0.1, 0.15) is 6.79 Å². The third-order valence-electron chi connectivity index (χ3n) is 1.45. The Morgan fingerprint density at radius 3 is 2.80 bits per heavy atom. The van der Waals surface area contributed by atoms with Gasteiger partial charge in [-0.1, -0.05) is 0 Å². The highest BCUT2D eigenvalue weighted by Crippen LogP contribution is 2.08. The maximum atomic E-state index is 10.7. The van der Waals surface area contributed by atoms with Crippen LogP contribution in [0.4, 0.5) is 0 Å². The average molecular weight is 145 g/mol. The Morgan fingerprint density at radius 1 is 1.70 bits per heavy atom. The van der Waals surface area contributed by atoms with Gasteiger partial charge in [0.05, 0.1) is 6.04 Å². The van der Waals surface area contributed by atoms with E-state index in [1.807, 2.05) is 6.92 Å². The van der Waals surface area contributed by atoms with Crippen molar-refractivity contribution in [3.05, 3.63) is 0 Å². The summed E-state index contributed by atoms with van der Waals surface area (Å²) >= 11 is 0. The first kappa shape index (κ1) is 7.50. The zero-order valence-corrected chi connectivity index (χ0v) is 6.09. The Kier molecular flexibility index (Phi) is 2.24. The first-order valence-electron chi connectivity index (χ1n) is 3.16. The summed E-state index contributed by atoms with van der Waals surface area (Å²) in [6.45, 7) is 2.07. The number of nitrogens with one attached hydrogen (secondary N) is 1. The molecule has 0 radical (unpaired) electrons. The second kappa shape index (κ2) is 2.98. The van der Waals surface area contributed by atoms with Crippen LogP contribution in [0.3, 0.4) is 0 Å². The molecule has 1 rings (SSSR count). The van der Waals surface area contributed by atoms with Gasteiger partial charge in [0.25, 0.3) is 5.91 Å². The first-order chi connectivity index (χ1) is 4.75. The van der Waals surface area contributed by atoms with Crippen molar-refractivity contribution < 1.29 is 14.3 Å². The Bertz CT molecular complexity index is 137. The molecule has 0 spiro atoms. The SMILES string of the molecule is COCOC1C(=O)NC1C. The number of rotatable bonds is 3. The lowest BCUT2D eigenvalue weighted by atomic mass is 10.1. The predicted octanol–water partition coefficient (Wildman–Crippen LogP) is -0.506. The van der Waals surface area contributed by atoms with Gasteiger partial charge in [-0.2, -0.15) is 0 Å². The number of amides is 1. The van der Waals surface area contributed by atoms with E-state index >= 15 is 0 Å². The van der Waals surface area contributed by atoms with Crippen molar-refractivity contribution in [3.63, 3.8) is 0 Å². The molecule has 0 saturated carbocycles. The molecule has 0 aromatic carbocycles. The number of hydrogen-bond donors (Lipinski definition) is 1. The fourth-order valence-electron chi connectivity index (χ4n) is 0.874. The van der Waals surface area contributed by atoms with E-state index in [2.05, 4.69) is 10.1 Å². The molecule has 1 aliphatic rings. The van der Waals surface area contributed by atoms with Gasteiger partial charge < -0.3 is 14.8 Å². The van der Waals surface area contributed by atoms with Crippen LogP contribution >= 0.6 is 0 Å². The lowest BCUT2D eigenvalue weighted by Crippen LogP contribution is -2.61. The fourth-order valence-corrected chi connectivity index (χ4v) is 0.874. The molecule has 1 heterocycles. The maximum absolute atomic E-state index is 10.7. The molecule has 1 fully saturated rings. The molecule has 4 heteroatoms. The normalized spacial score (nSPS) is 31.2. The van der Waals surface area contributed by atoms with Crippen molar-refractivity contribution in [3.8, 4) is 0 Å². The van der Waals surface area contributed by atoms with Crippen molar-refractivity contribution in [1.82, 2.24) is 5.32 Å². The van der Waals surface area contributed by atoms with Crippen LogP contribution in [0.1, 0.15) is 6.92 Å². The smallest absolute Gasteiger partial charge is 0.251 e. The van der Waals surface area contributed by atoms with Gasteiger partial charge in [-0.05, 0) is 6.92 Å². The molecule has 4 nitrogen and oxygen atoms in total. The average Bonchev–Trinajstić information content (AvgIpc) is 1.89. The van der Waals surface area contributed by atoms with Crippen LogP contribution in [-0.4, -0.2) is 32.0 Å². The minimum absolute atomic E-state index is 0.0513. The largest absolute Gasteiger partial charge is 0.359 e. The van der Waals surface area contributed by atoms with Crippen LogP contribution < -0.4 is 5.32 Å². The minimum Gasteiger partial charge on any atom is -0.359 e. The summed E-state index contributed by atoms with van der Waals surface area (Å²) in [6.07, 6.45) is -0.306. The highest BCUT2D eigenvalue weighted by molar-refractivity contribution is 5.87. The van der Waals surface area contributed by atoms with Gasteiger partial charge in [0.15, 0.2) is 6.10 Å². The topological polar surface area (TPSA) is 47.6 Å². The van der Waals surface area contributed by atoms with E-state index in [9.17, 15) is 4.79 Å². The van der Waals surface area contributed by atoms with E-state index < -0.39 is 0 Å². The summed E-state index contributed by atoms with van der Waals surface area (Å²) in [5.74, 6) is -0.0513. The van der Waals surface area contributed by atoms with Gasteiger partial charge in [-0.15, -0.1) is 0 Å². The van der Waals surface area contributed by atoms with Gasteiger partial charge in [0.2, 0.25) is 0 Å². The molecular weight excluding hydrogens is 134 g/mol. The van der Waals surface area contributed by atoms with Gasteiger partial charge in [-0.3, -0.25) is 4.79 Å². The molecular formula is C6H11NO3. The molecule has 10 heavy (non-hydrogen) atoms. The molecule has 2 unspecified atom stereocenters. The van der Waals surface area contributed by atoms with Crippen LogP contribution in [0.2, 0.25) is 0 Å². The van der Waals surface area contributed by atoms with E-state index in [4.69, 9.17) is 4.74 Å². The second-order valence-electron chi connectivity index (χ2n) is 2.29. The summed E-state index contributed by atoms with van der Waals surface area (Å²) in [5.41, 5.74) is 0. The summed E-state index contributed by atoms with van der Waals surface area (Å²) < 4.78 is 9.66. The molecule has 1 saturated heterocycles. The lowest BCUT2D eigenvalue weighted by Gasteiger charge is -2.33. The number of ether oxygens (including phenoxy) is 2. The van der Waals surface area contributed by atoms with Crippen molar-refractivity contribution in [2.75, 3.05) is 13.9 Å². The number of carbonyl (C=O) groups excluding carboxylic acids is 1. The summed E-state index contributed by atoms with van der Waals surface area (Å²) in [6, 6.07) is 0.127. The number of hydrogen-bond acceptors (Lipinski definition) is 3. The molecule has 1 amide bonds. The maximum Gasteiger partial charge on any atom is 0.251 e. The van der Waals surface area contributed by atoms with Crippen LogP contribution in [0.25, 0.3) is 0 Å². The summed E-state index contributed by atoms with van der Waals surface area (Å²) in [7, 11) is 1.53. The van der Waals surface area contributed by atoms with E-state index in [0.29, 0.717) is 0 Å². The predicted molar refractivity (Wildman–Crippen MR) is 34.4 cm³/mol. The summed E-state index contributed by atoms with van der Waals surface area (Å²) in [5, 5.41) is 2.65. The van der Waals surface area contributed by atoms with Crippen LogP contribution in [0.15, 0.2) is 0 Å². The Hall–Kier alpha value is -0.610. The summed E-state index contributed by atoms with van der Waals surface area (Å²) in [4.78, 5) is 10.7. The quantitative estimate of drug-likeness (QED) is 0.430. The standard InChI is InChI=1S/C6H11NO3/c1-4-5(6(8)7-4)10-3-9-2/h4-5H,3H2,1-2H3,(H,7,8). The Labute approximate surface area is 59.5 Å². The van der Waals surface area contributed by atoms with E-state index in [0.717, 1.165) is 0 Å². The molecule has 0 aliphatic carbocycles. The molecule has 2 atom stereocenters. The Morgan fingerprint density at radius 2 is 2.40 bits per heavy atom. The number of methoxy groups -OCH3 is 1. The monoisotopic (exact) mass is 145 g/mol. The Balaban J connectivity index is 2.20. The minimum atomic E-state index is -0.306. The molecule has 58 valence electrons. The lowest BCUT2D eigenvalue weighted by molar-refractivity contribution is -0.159. The van der Waals surface area contributed by atoms with Crippen LogP contribution in [0, 0.1) is 0 Å². The van der Waals surface area contributed by atoms with Crippen molar-refractivity contribution in [2.45, 2.75) is 19.1 Å². The number of carbonyl (C=O) groups is 1. The number of β-lactam (4-membered cyclic amide) rings is 1. The van der Waals surface area contributed by atoms with Gasteiger partial charge >= 0.3 is 0 Å². The van der Waals surface area contributed by atoms with Crippen molar-refractivity contribution in [2.24, 2.45) is 0 Å². The molecule has 0 aromatic heterocycles. The first-order valence-corrected chi connectivity index (χ1v) is 3.16. The van der Waals surface area contributed by atoms with E-state index in [-0.39, 0.29) is 24.8 Å². The van der Waals surface area contributed by atoms with Crippen molar-refractivity contribution >= 4 is 5.91 Å². The molecule has 0 bridgehead atoms. The van der Waals surface area contributed by atoms with Crippen LogP contribution in [-0.2, 0) is 14.3 Å². The third kappa shape index (κ3) is 1.27. The van der Waals surface area contributed by atoms with E-state index in [1.165, 1.54) is 7.11 Å². The fraction of sp³-hybridized carbons (Fsp3) is 0.833.